The SMILES string of the molecule is COC(=O)CC1CN(c2nc(S(C)(=O)=O)nc3c2CCC3(F)F)C1. The number of sulfone groups is 1. The Balaban J connectivity index is 1.92. The predicted octanol–water partition coefficient (Wildman–Crippen LogP) is 0.917. The van der Waals surface area contributed by atoms with Crippen molar-refractivity contribution in [3.63, 3.8) is 0 Å². The molecule has 2 aliphatic rings. The van der Waals surface area contributed by atoms with Crippen molar-refractivity contribution in [2.24, 2.45) is 5.92 Å². The molecule has 0 N–H and O–H groups in total. The molecule has 7 nitrogen and oxygen atoms in total. The number of carbonyl (C=O) groups excluding carboxylic acids is 1. The zero-order valence-electron chi connectivity index (χ0n) is 13.3. The van der Waals surface area contributed by atoms with Gasteiger partial charge < -0.3 is 9.64 Å². The second-order valence-electron chi connectivity index (χ2n) is 6.18. The Morgan fingerprint density at radius 3 is 2.62 bits per heavy atom. The molecule has 2 heterocycles. The van der Waals surface area contributed by atoms with Crippen LogP contribution < -0.4 is 4.90 Å². The van der Waals surface area contributed by atoms with Gasteiger partial charge in [-0.2, -0.15) is 8.78 Å². The van der Waals surface area contributed by atoms with Gasteiger partial charge in [-0.25, -0.2) is 18.4 Å². The van der Waals surface area contributed by atoms with Crippen molar-refractivity contribution in [3.05, 3.63) is 11.3 Å². The number of alkyl halides is 2. The summed E-state index contributed by atoms with van der Waals surface area (Å²) in [7, 11) is -2.51. The van der Waals surface area contributed by atoms with E-state index in [2.05, 4.69) is 14.7 Å². The lowest BCUT2D eigenvalue weighted by Gasteiger charge is -2.40. The first-order chi connectivity index (χ1) is 11.1. The first kappa shape index (κ1) is 17.0. The van der Waals surface area contributed by atoms with E-state index in [0.29, 0.717) is 18.7 Å². The van der Waals surface area contributed by atoms with Gasteiger partial charge in [-0.3, -0.25) is 4.79 Å². The molecular weight excluding hydrogens is 344 g/mol. The Kier molecular flexibility index (Phi) is 3.97. The molecule has 0 unspecified atom stereocenters. The Morgan fingerprint density at radius 2 is 2.04 bits per heavy atom. The molecule has 1 aromatic rings. The van der Waals surface area contributed by atoms with E-state index in [0.717, 1.165) is 6.26 Å². The summed E-state index contributed by atoms with van der Waals surface area (Å²) in [5, 5.41) is -0.589. The van der Waals surface area contributed by atoms with Gasteiger partial charge >= 0.3 is 5.97 Å². The molecule has 24 heavy (non-hydrogen) atoms. The molecule has 0 spiro atoms. The van der Waals surface area contributed by atoms with Crippen LogP contribution in [0.4, 0.5) is 14.6 Å². The number of anilines is 1. The van der Waals surface area contributed by atoms with E-state index in [-0.39, 0.29) is 30.5 Å². The van der Waals surface area contributed by atoms with Crippen LogP contribution in [0, 0.1) is 5.92 Å². The summed E-state index contributed by atoms with van der Waals surface area (Å²) in [5.41, 5.74) is -0.201. The monoisotopic (exact) mass is 361 g/mol. The van der Waals surface area contributed by atoms with Gasteiger partial charge in [0.1, 0.15) is 11.5 Å². The van der Waals surface area contributed by atoms with Crippen molar-refractivity contribution in [1.29, 1.82) is 0 Å². The molecule has 0 radical (unpaired) electrons. The second-order valence-corrected chi connectivity index (χ2v) is 8.09. The van der Waals surface area contributed by atoms with Crippen LogP contribution in [-0.4, -0.2) is 50.8 Å². The number of carbonyl (C=O) groups is 1. The maximum absolute atomic E-state index is 14.0. The van der Waals surface area contributed by atoms with Crippen LogP contribution in [0.3, 0.4) is 0 Å². The lowest BCUT2D eigenvalue weighted by molar-refractivity contribution is -0.141. The van der Waals surface area contributed by atoms with E-state index in [1.54, 1.807) is 4.90 Å². The standard InChI is InChI=1S/C14H17F2N3O4S/c1-23-10(20)5-8-6-19(7-8)12-9-3-4-14(15,16)11(9)17-13(18-12)24(2,21)22/h8H,3-7H2,1-2H3. The number of hydrogen-bond acceptors (Lipinski definition) is 7. The molecule has 1 aliphatic heterocycles. The highest BCUT2D eigenvalue weighted by Gasteiger charge is 2.45. The summed E-state index contributed by atoms with van der Waals surface area (Å²) >= 11 is 0. The molecule has 0 bridgehead atoms. The minimum atomic E-state index is -3.81. The van der Waals surface area contributed by atoms with Crippen LogP contribution in [0.2, 0.25) is 0 Å². The van der Waals surface area contributed by atoms with E-state index < -0.39 is 33.0 Å². The first-order valence-electron chi connectivity index (χ1n) is 7.43. The number of fused-ring (bicyclic) bond motifs is 1. The van der Waals surface area contributed by atoms with Crippen LogP contribution >= 0.6 is 0 Å². The van der Waals surface area contributed by atoms with Crippen LogP contribution in [0.1, 0.15) is 24.1 Å². The highest BCUT2D eigenvalue weighted by Crippen LogP contribution is 2.44. The fourth-order valence-electron chi connectivity index (χ4n) is 3.00. The molecular formula is C14H17F2N3O4S. The smallest absolute Gasteiger partial charge is 0.305 e. The van der Waals surface area contributed by atoms with Gasteiger partial charge in [-0.15, -0.1) is 0 Å². The predicted molar refractivity (Wildman–Crippen MR) is 79.7 cm³/mol. The fraction of sp³-hybridized carbons (Fsp3) is 0.643. The molecule has 3 rings (SSSR count). The number of aromatic nitrogens is 2. The van der Waals surface area contributed by atoms with Crippen molar-refractivity contribution in [2.75, 3.05) is 31.4 Å². The van der Waals surface area contributed by atoms with Crippen molar-refractivity contribution in [2.45, 2.75) is 30.3 Å². The number of hydrogen-bond donors (Lipinski definition) is 0. The summed E-state index contributed by atoms with van der Waals surface area (Å²) < 4.78 is 56.0. The average molecular weight is 361 g/mol. The fourth-order valence-corrected chi connectivity index (χ4v) is 3.51. The molecule has 132 valence electrons. The number of esters is 1. The van der Waals surface area contributed by atoms with Crippen molar-refractivity contribution in [3.8, 4) is 0 Å². The van der Waals surface area contributed by atoms with E-state index in [4.69, 9.17) is 0 Å². The number of halogens is 2. The number of rotatable bonds is 4. The summed E-state index contributed by atoms with van der Waals surface area (Å²) in [6, 6.07) is 0. The van der Waals surface area contributed by atoms with Crippen molar-refractivity contribution < 1.29 is 26.7 Å². The largest absolute Gasteiger partial charge is 0.469 e. The number of nitrogens with zero attached hydrogens (tertiary/aromatic N) is 3. The van der Waals surface area contributed by atoms with Crippen LogP contribution in [0.5, 0.6) is 0 Å². The summed E-state index contributed by atoms with van der Waals surface area (Å²) in [4.78, 5) is 20.6. The lowest BCUT2D eigenvalue weighted by atomic mass is 9.96. The van der Waals surface area contributed by atoms with E-state index in [9.17, 15) is 22.0 Å². The maximum Gasteiger partial charge on any atom is 0.305 e. The van der Waals surface area contributed by atoms with Crippen LogP contribution in [-0.2, 0) is 31.7 Å². The Bertz CT molecular complexity index is 791. The highest BCUT2D eigenvalue weighted by molar-refractivity contribution is 7.90. The van der Waals surface area contributed by atoms with Crippen molar-refractivity contribution >= 4 is 21.6 Å². The summed E-state index contributed by atoms with van der Waals surface area (Å²) in [6.07, 6.45) is 0.813. The normalized spacial score (nSPS) is 19.8. The quantitative estimate of drug-likeness (QED) is 0.582. The number of ether oxygens (including phenoxy) is 1. The third-order valence-corrected chi connectivity index (χ3v) is 5.12. The maximum atomic E-state index is 14.0. The van der Waals surface area contributed by atoms with E-state index in [1.807, 2.05) is 0 Å². The van der Waals surface area contributed by atoms with Crippen molar-refractivity contribution in [1.82, 2.24) is 9.97 Å². The Labute approximate surface area is 137 Å². The van der Waals surface area contributed by atoms with Gasteiger partial charge in [0, 0.05) is 37.2 Å². The lowest BCUT2D eigenvalue weighted by Crippen LogP contribution is -2.48. The minimum absolute atomic E-state index is 0.0339. The van der Waals surface area contributed by atoms with Gasteiger partial charge in [-0.05, 0) is 6.42 Å². The summed E-state index contributed by atoms with van der Waals surface area (Å²) in [5.74, 6) is -3.22. The molecule has 0 saturated carbocycles. The average Bonchev–Trinajstić information content (AvgIpc) is 2.76. The molecule has 0 aromatic carbocycles. The van der Waals surface area contributed by atoms with Gasteiger partial charge in [0.2, 0.25) is 15.0 Å². The molecule has 10 heteroatoms. The molecule has 0 atom stereocenters. The van der Waals surface area contributed by atoms with E-state index in [1.165, 1.54) is 7.11 Å². The third kappa shape index (κ3) is 2.94. The zero-order chi connectivity index (χ0) is 17.7. The summed E-state index contributed by atoms with van der Waals surface area (Å²) in [6.45, 7) is 0.876. The highest BCUT2D eigenvalue weighted by atomic mass is 32.2. The number of methoxy groups -OCH3 is 1. The first-order valence-corrected chi connectivity index (χ1v) is 9.32. The molecule has 1 saturated heterocycles. The minimum Gasteiger partial charge on any atom is -0.469 e. The Morgan fingerprint density at radius 1 is 1.38 bits per heavy atom. The second kappa shape index (κ2) is 5.61. The van der Waals surface area contributed by atoms with E-state index >= 15 is 0 Å². The van der Waals surface area contributed by atoms with Gasteiger partial charge in [0.05, 0.1) is 13.5 Å². The third-order valence-electron chi connectivity index (χ3n) is 4.27. The van der Waals surface area contributed by atoms with Gasteiger partial charge in [0.15, 0.2) is 0 Å². The topological polar surface area (TPSA) is 89.5 Å². The van der Waals surface area contributed by atoms with Gasteiger partial charge in [-0.1, -0.05) is 0 Å². The van der Waals surface area contributed by atoms with Gasteiger partial charge in [0.25, 0.3) is 5.92 Å². The molecule has 0 amide bonds. The molecule has 1 aromatic heterocycles. The van der Waals surface area contributed by atoms with Crippen LogP contribution in [0.15, 0.2) is 5.16 Å². The Hall–Kier alpha value is -1.84. The van der Waals surface area contributed by atoms with Crippen LogP contribution in [0.25, 0.3) is 0 Å². The zero-order valence-corrected chi connectivity index (χ0v) is 14.1. The molecule has 1 fully saturated rings. The molecule has 1 aliphatic carbocycles.